The molecule has 0 aliphatic rings. The molecule has 2 rings (SSSR count). The number of nitrogens with zero attached hydrogens (tertiary/aromatic N) is 1. The van der Waals surface area contributed by atoms with Crippen LogP contribution in [0.3, 0.4) is 0 Å². The van der Waals surface area contributed by atoms with E-state index >= 15 is 0 Å². The Morgan fingerprint density at radius 3 is 2.65 bits per heavy atom. The summed E-state index contributed by atoms with van der Waals surface area (Å²) in [5.41, 5.74) is 0.245. The van der Waals surface area contributed by atoms with Gasteiger partial charge in [-0.15, -0.1) is 0 Å². The van der Waals surface area contributed by atoms with Gasteiger partial charge in [-0.25, -0.2) is 0 Å². The van der Waals surface area contributed by atoms with Gasteiger partial charge in [0.15, 0.2) is 5.75 Å². The molecule has 0 N–H and O–H groups in total. The third kappa shape index (κ3) is 2.75. The Bertz CT molecular complexity index is 690. The fourth-order valence-corrected chi connectivity index (χ4v) is 3.15. The van der Waals surface area contributed by atoms with Gasteiger partial charge in [0, 0.05) is 16.1 Å². The van der Waals surface area contributed by atoms with Gasteiger partial charge in [0.05, 0.1) is 4.47 Å². The van der Waals surface area contributed by atoms with Crippen LogP contribution in [0.15, 0.2) is 33.3 Å². The van der Waals surface area contributed by atoms with Crippen molar-refractivity contribution in [1.29, 1.82) is 0 Å². The van der Waals surface area contributed by atoms with Crippen molar-refractivity contribution in [2.75, 3.05) is 0 Å². The highest BCUT2D eigenvalue weighted by Crippen LogP contribution is 2.37. The summed E-state index contributed by atoms with van der Waals surface area (Å²) in [5, 5.41) is 0.620. The zero-order valence-corrected chi connectivity index (χ0v) is 12.0. The van der Waals surface area contributed by atoms with Crippen molar-refractivity contribution in [3.05, 3.63) is 33.3 Å². The van der Waals surface area contributed by atoms with E-state index in [0.717, 1.165) is 0 Å². The molecule has 17 heavy (non-hydrogen) atoms. The van der Waals surface area contributed by atoms with E-state index in [1.165, 1.54) is 6.20 Å². The van der Waals surface area contributed by atoms with E-state index < -0.39 is 10.5 Å². The SMILES string of the molecule is O=S(=O)(F)Oc1c(Br)cc(Br)c2cccnc12. The number of benzene rings is 1. The van der Waals surface area contributed by atoms with Crippen molar-refractivity contribution in [1.82, 2.24) is 4.98 Å². The van der Waals surface area contributed by atoms with Crippen LogP contribution in [0.4, 0.5) is 3.89 Å². The van der Waals surface area contributed by atoms with Gasteiger partial charge in [0.25, 0.3) is 0 Å². The van der Waals surface area contributed by atoms with Crippen molar-refractivity contribution in [2.45, 2.75) is 0 Å². The zero-order valence-electron chi connectivity index (χ0n) is 8.02. The molecule has 0 amide bonds. The molecule has 0 spiro atoms. The van der Waals surface area contributed by atoms with Crippen LogP contribution in [0.5, 0.6) is 5.75 Å². The topological polar surface area (TPSA) is 56.3 Å². The third-order valence-electron chi connectivity index (χ3n) is 1.93. The lowest BCUT2D eigenvalue weighted by Crippen LogP contribution is -2.03. The summed E-state index contributed by atoms with van der Waals surface area (Å²) in [7, 11) is -5.09. The first-order valence-electron chi connectivity index (χ1n) is 4.25. The molecule has 8 heteroatoms. The molecular formula is C9H4Br2FNO3S. The summed E-state index contributed by atoms with van der Waals surface area (Å²) in [6, 6.07) is 4.94. The fourth-order valence-electron chi connectivity index (χ4n) is 1.33. The van der Waals surface area contributed by atoms with Gasteiger partial charge < -0.3 is 4.18 Å². The summed E-state index contributed by atoms with van der Waals surface area (Å²) in [6.45, 7) is 0. The predicted molar refractivity (Wildman–Crippen MR) is 67.8 cm³/mol. The van der Waals surface area contributed by atoms with Crippen molar-refractivity contribution >= 4 is 53.3 Å². The van der Waals surface area contributed by atoms with Gasteiger partial charge in [-0.05, 0) is 28.1 Å². The van der Waals surface area contributed by atoms with E-state index in [9.17, 15) is 12.3 Å². The van der Waals surface area contributed by atoms with Crippen molar-refractivity contribution in [3.63, 3.8) is 0 Å². The van der Waals surface area contributed by atoms with Crippen molar-refractivity contribution in [2.24, 2.45) is 0 Å². The minimum atomic E-state index is -5.09. The summed E-state index contributed by atoms with van der Waals surface area (Å²) >= 11 is 6.39. The van der Waals surface area contributed by atoms with Crippen LogP contribution < -0.4 is 4.18 Å². The summed E-state index contributed by atoms with van der Waals surface area (Å²) in [6.07, 6.45) is 1.46. The van der Waals surface area contributed by atoms with Crippen LogP contribution in [-0.2, 0) is 10.5 Å². The molecule has 2 aromatic rings. The average Bonchev–Trinajstić information content (AvgIpc) is 2.23. The number of aromatic nitrogens is 1. The maximum atomic E-state index is 12.6. The van der Waals surface area contributed by atoms with Crippen molar-refractivity contribution < 1.29 is 16.5 Å². The Hall–Kier alpha value is -0.730. The van der Waals surface area contributed by atoms with E-state index in [1.54, 1.807) is 18.2 Å². The molecule has 0 aliphatic heterocycles. The monoisotopic (exact) mass is 383 g/mol. The lowest BCUT2D eigenvalue weighted by molar-refractivity contribution is 0.441. The lowest BCUT2D eigenvalue weighted by atomic mass is 10.2. The Morgan fingerprint density at radius 1 is 1.29 bits per heavy atom. The van der Waals surface area contributed by atoms with Crippen LogP contribution in [-0.4, -0.2) is 13.4 Å². The molecule has 0 saturated carbocycles. The quantitative estimate of drug-likeness (QED) is 0.745. The molecule has 1 aromatic heterocycles. The maximum Gasteiger partial charge on any atom is 0.488 e. The normalized spacial score (nSPS) is 11.7. The number of fused-ring (bicyclic) bond motifs is 1. The number of halogens is 3. The van der Waals surface area contributed by atoms with Gasteiger partial charge in [-0.2, -0.15) is 8.42 Å². The molecule has 0 radical (unpaired) electrons. The highest BCUT2D eigenvalue weighted by Gasteiger charge is 2.18. The van der Waals surface area contributed by atoms with Crippen LogP contribution in [0, 0.1) is 0 Å². The molecular weight excluding hydrogens is 381 g/mol. The number of hydrogen-bond donors (Lipinski definition) is 0. The minimum Gasteiger partial charge on any atom is -0.355 e. The van der Waals surface area contributed by atoms with E-state index in [4.69, 9.17) is 0 Å². The van der Waals surface area contributed by atoms with Gasteiger partial charge in [0.1, 0.15) is 5.52 Å². The second-order valence-corrected chi connectivity index (χ2v) is 5.71. The predicted octanol–water partition coefficient (Wildman–Crippen LogP) is 3.35. The average molecular weight is 385 g/mol. The first kappa shape index (κ1) is 12.7. The van der Waals surface area contributed by atoms with E-state index in [0.29, 0.717) is 9.86 Å². The van der Waals surface area contributed by atoms with E-state index in [1.807, 2.05) is 0 Å². The number of pyridine rings is 1. The summed E-state index contributed by atoms with van der Waals surface area (Å²) in [5.74, 6) is -0.175. The maximum absolute atomic E-state index is 12.6. The summed E-state index contributed by atoms with van der Waals surface area (Å²) < 4.78 is 38.9. The lowest BCUT2D eigenvalue weighted by Gasteiger charge is -2.08. The number of hydrogen-bond acceptors (Lipinski definition) is 4. The Morgan fingerprint density at radius 2 is 2.00 bits per heavy atom. The van der Waals surface area contributed by atoms with Gasteiger partial charge in [-0.1, -0.05) is 25.9 Å². The molecule has 4 nitrogen and oxygen atoms in total. The standard InChI is InChI=1S/C9H4Br2FNO3S/c10-6-4-7(11)9(16-17(12,14)15)8-5(6)2-1-3-13-8/h1-4H. The van der Waals surface area contributed by atoms with Gasteiger partial charge in [-0.3, -0.25) is 4.98 Å². The Labute approximate surface area is 113 Å². The molecule has 90 valence electrons. The van der Waals surface area contributed by atoms with Crippen LogP contribution >= 0.6 is 31.9 Å². The molecule has 0 unspecified atom stereocenters. The molecule has 0 atom stereocenters. The molecule has 0 fully saturated rings. The Kier molecular flexibility index (Phi) is 3.37. The van der Waals surface area contributed by atoms with Gasteiger partial charge in [0.2, 0.25) is 0 Å². The van der Waals surface area contributed by atoms with Crippen LogP contribution in [0.2, 0.25) is 0 Å². The number of rotatable bonds is 2. The first-order valence-corrected chi connectivity index (χ1v) is 7.15. The second kappa shape index (κ2) is 4.51. The van der Waals surface area contributed by atoms with Crippen LogP contribution in [0.25, 0.3) is 10.9 Å². The first-order chi connectivity index (χ1) is 7.88. The fraction of sp³-hybridized carbons (Fsp3) is 0. The largest absolute Gasteiger partial charge is 0.488 e. The van der Waals surface area contributed by atoms with E-state index in [2.05, 4.69) is 41.0 Å². The van der Waals surface area contributed by atoms with Crippen LogP contribution in [0.1, 0.15) is 0 Å². The van der Waals surface area contributed by atoms with E-state index in [-0.39, 0.29) is 15.7 Å². The highest BCUT2D eigenvalue weighted by molar-refractivity contribution is 9.11. The molecule has 1 aromatic carbocycles. The molecule has 0 aliphatic carbocycles. The highest BCUT2D eigenvalue weighted by atomic mass is 79.9. The zero-order chi connectivity index (χ0) is 12.6. The van der Waals surface area contributed by atoms with Crippen molar-refractivity contribution in [3.8, 4) is 5.75 Å². The molecule has 1 heterocycles. The third-order valence-corrected chi connectivity index (χ3v) is 3.54. The summed E-state index contributed by atoms with van der Waals surface area (Å²) in [4.78, 5) is 3.97. The Balaban J connectivity index is 2.78. The molecule has 0 bridgehead atoms. The smallest absolute Gasteiger partial charge is 0.355 e. The minimum absolute atomic E-state index is 0.175. The second-order valence-electron chi connectivity index (χ2n) is 3.05. The van der Waals surface area contributed by atoms with Gasteiger partial charge >= 0.3 is 10.5 Å². The molecule has 0 saturated heterocycles.